The highest BCUT2D eigenvalue weighted by molar-refractivity contribution is 5.88. The Labute approximate surface area is 116 Å². The number of nitrogens with zero attached hydrogens (tertiary/aromatic N) is 1. The van der Waals surface area contributed by atoms with Crippen LogP contribution in [0.4, 0.5) is 0 Å². The lowest BCUT2D eigenvalue weighted by atomic mass is 9.97. The quantitative estimate of drug-likeness (QED) is 0.768. The minimum absolute atomic E-state index is 0.00151. The molecule has 0 aliphatic carbocycles. The van der Waals surface area contributed by atoms with Crippen LogP contribution in [-0.2, 0) is 9.59 Å². The Morgan fingerprint density at radius 2 is 2.05 bits per heavy atom. The van der Waals surface area contributed by atoms with E-state index in [0.29, 0.717) is 12.3 Å². The second-order valence-corrected chi connectivity index (χ2v) is 5.97. The van der Waals surface area contributed by atoms with E-state index in [2.05, 4.69) is 24.5 Å². The number of hydrogen-bond donors (Lipinski definition) is 2. The van der Waals surface area contributed by atoms with Crippen molar-refractivity contribution in [2.24, 2.45) is 11.8 Å². The van der Waals surface area contributed by atoms with Gasteiger partial charge in [0.15, 0.2) is 0 Å². The van der Waals surface area contributed by atoms with Gasteiger partial charge in [0.25, 0.3) is 0 Å². The van der Waals surface area contributed by atoms with Crippen LogP contribution < -0.4 is 10.6 Å². The summed E-state index contributed by atoms with van der Waals surface area (Å²) in [7, 11) is 3.45. The molecular formula is C14H27N3O2. The maximum atomic E-state index is 12.2. The number of nitrogens with one attached hydrogen (secondary N) is 2. The third-order valence-corrected chi connectivity index (χ3v) is 3.43. The molecule has 2 N–H and O–H groups in total. The van der Waals surface area contributed by atoms with E-state index >= 15 is 0 Å². The summed E-state index contributed by atoms with van der Waals surface area (Å²) in [5, 5.41) is 6.15. The van der Waals surface area contributed by atoms with Crippen molar-refractivity contribution in [1.29, 1.82) is 0 Å². The second-order valence-electron chi connectivity index (χ2n) is 5.97. The number of likely N-dealkylation sites (N-methyl/N-ethyl adjacent to an activating group) is 1. The first-order valence-corrected chi connectivity index (χ1v) is 7.14. The standard InChI is InChI=1S/C14H27N3O2/c1-10(2)8-12(14(19)17(3)4)16-13(18)11-6-5-7-15-9-11/h10-12,15H,5-9H2,1-4H3,(H,16,18)/t11-,12?/m0/s1. The molecule has 1 unspecified atom stereocenters. The van der Waals surface area contributed by atoms with Gasteiger partial charge in [0, 0.05) is 20.6 Å². The molecule has 0 bridgehead atoms. The monoisotopic (exact) mass is 269 g/mol. The van der Waals surface area contributed by atoms with Crippen LogP contribution in [0.1, 0.15) is 33.1 Å². The first-order valence-electron chi connectivity index (χ1n) is 7.14. The van der Waals surface area contributed by atoms with Crippen LogP contribution in [0.15, 0.2) is 0 Å². The van der Waals surface area contributed by atoms with Gasteiger partial charge >= 0.3 is 0 Å². The van der Waals surface area contributed by atoms with Crippen molar-refractivity contribution in [1.82, 2.24) is 15.5 Å². The van der Waals surface area contributed by atoms with Crippen molar-refractivity contribution in [3.05, 3.63) is 0 Å². The molecule has 1 aliphatic rings. The fraction of sp³-hybridized carbons (Fsp3) is 0.857. The number of rotatable bonds is 5. The van der Waals surface area contributed by atoms with E-state index in [-0.39, 0.29) is 17.7 Å². The minimum Gasteiger partial charge on any atom is -0.347 e. The molecule has 0 aromatic heterocycles. The zero-order chi connectivity index (χ0) is 14.4. The molecular weight excluding hydrogens is 242 g/mol. The fourth-order valence-corrected chi connectivity index (χ4v) is 2.37. The van der Waals surface area contributed by atoms with E-state index in [1.165, 1.54) is 0 Å². The Balaban J connectivity index is 2.60. The normalized spacial score (nSPS) is 21.0. The molecule has 1 heterocycles. The van der Waals surface area contributed by atoms with E-state index in [9.17, 15) is 9.59 Å². The first-order chi connectivity index (χ1) is 8.91. The predicted molar refractivity (Wildman–Crippen MR) is 75.7 cm³/mol. The molecule has 19 heavy (non-hydrogen) atoms. The van der Waals surface area contributed by atoms with Gasteiger partial charge in [0.1, 0.15) is 6.04 Å². The molecule has 0 aromatic carbocycles. The van der Waals surface area contributed by atoms with Crippen LogP contribution in [0, 0.1) is 11.8 Å². The molecule has 2 amide bonds. The van der Waals surface area contributed by atoms with Crippen molar-refractivity contribution in [3.8, 4) is 0 Å². The maximum Gasteiger partial charge on any atom is 0.244 e. The van der Waals surface area contributed by atoms with Crippen molar-refractivity contribution in [3.63, 3.8) is 0 Å². The third-order valence-electron chi connectivity index (χ3n) is 3.43. The predicted octanol–water partition coefficient (Wildman–Crippen LogP) is 0.605. The zero-order valence-corrected chi connectivity index (χ0v) is 12.5. The van der Waals surface area contributed by atoms with Crippen molar-refractivity contribution in [2.75, 3.05) is 27.2 Å². The molecule has 1 saturated heterocycles. The molecule has 1 aliphatic heterocycles. The van der Waals surface area contributed by atoms with Gasteiger partial charge in [-0.05, 0) is 31.7 Å². The van der Waals surface area contributed by atoms with Crippen LogP contribution in [-0.4, -0.2) is 49.9 Å². The lowest BCUT2D eigenvalue weighted by Crippen LogP contribution is -2.50. The molecule has 0 spiro atoms. The van der Waals surface area contributed by atoms with Crippen LogP contribution in [0.5, 0.6) is 0 Å². The molecule has 1 fully saturated rings. The topological polar surface area (TPSA) is 61.4 Å². The van der Waals surface area contributed by atoms with Crippen molar-refractivity contribution < 1.29 is 9.59 Å². The highest BCUT2D eigenvalue weighted by Crippen LogP contribution is 2.12. The summed E-state index contributed by atoms with van der Waals surface area (Å²) < 4.78 is 0. The van der Waals surface area contributed by atoms with E-state index in [4.69, 9.17) is 0 Å². The Morgan fingerprint density at radius 3 is 2.53 bits per heavy atom. The zero-order valence-electron chi connectivity index (χ0n) is 12.5. The van der Waals surface area contributed by atoms with Gasteiger partial charge in [0.05, 0.1) is 5.92 Å². The number of piperidine rings is 1. The average molecular weight is 269 g/mol. The SMILES string of the molecule is CC(C)CC(NC(=O)[C@H]1CCCNC1)C(=O)N(C)C. The minimum atomic E-state index is -0.399. The molecule has 5 nitrogen and oxygen atoms in total. The fourth-order valence-electron chi connectivity index (χ4n) is 2.37. The van der Waals surface area contributed by atoms with E-state index in [0.717, 1.165) is 25.9 Å². The Hall–Kier alpha value is -1.10. The Bertz CT molecular complexity index is 310. The van der Waals surface area contributed by atoms with Gasteiger partial charge in [-0.15, -0.1) is 0 Å². The van der Waals surface area contributed by atoms with Gasteiger partial charge in [-0.2, -0.15) is 0 Å². The van der Waals surface area contributed by atoms with Crippen molar-refractivity contribution in [2.45, 2.75) is 39.2 Å². The van der Waals surface area contributed by atoms with Gasteiger partial charge in [-0.1, -0.05) is 13.8 Å². The van der Waals surface area contributed by atoms with Gasteiger partial charge in [-0.3, -0.25) is 9.59 Å². The van der Waals surface area contributed by atoms with Crippen LogP contribution in [0.25, 0.3) is 0 Å². The second kappa shape index (κ2) is 7.48. The molecule has 0 aromatic rings. The third kappa shape index (κ3) is 5.19. The summed E-state index contributed by atoms with van der Waals surface area (Å²) in [6, 6.07) is -0.399. The van der Waals surface area contributed by atoms with E-state index < -0.39 is 6.04 Å². The number of hydrogen-bond acceptors (Lipinski definition) is 3. The van der Waals surface area contributed by atoms with Crippen LogP contribution >= 0.6 is 0 Å². The van der Waals surface area contributed by atoms with Crippen molar-refractivity contribution >= 4 is 11.8 Å². The number of carbonyl (C=O) groups excluding carboxylic acids is 2. The van der Waals surface area contributed by atoms with E-state index in [1.54, 1.807) is 19.0 Å². The number of amides is 2. The molecule has 1 rings (SSSR count). The summed E-state index contributed by atoms with van der Waals surface area (Å²) in [6.45, 7) is 5.82. The molecule has 2 atom stereocenters. The number of carbonyl (C=O) groups is 2. The largest absolute Gasteiger partial charge is 0.347 e. The summed E-state index contributed by atoms with van der Waals surface area (Å²) in [5.74, 6) is 0.357. The summed E-state index contributed by atoms with van der Waals surface area (Å²) in [5.41, 5.74) is 0. The molecule has 0 radical (unpaired) electrons. The Kier molecular flexibility index (Phi) is 6.28. The van der Waals surface area contributed by atoms with Gasteiger partial charge in [0.2, 0.25) is 11.8 Å². The molecule has 110 valence electrons. The van der Waals surface area contributed by atoms with Gasteiger partial charge < -0.3 is 15.5 Å². The summed E-state index contributed by atoms with van der Waals surface area (Å²) in [6.07, 6.45) is 2.61. The van der Waals surface area contributed by atoms with Gasteiger partial charge in [-0.25, -0.2) is 0 Å². The highest BCUT2D eigenvalue weighted by atomic mass is 16.2. The van der Waals surface area contributed by atoms with Crippen LogP contribution in [0.3, 0.4) is 0 Å². The molecule has 0 saturated carbocycles. The lowest BCUT2D eigenvalue weighted by Gasteiger charge is -2.27. The lowest BCUT2D eigenvalue weighted by molar-refractivity contribution is -0.136. The average Bonchev–Trinajstić information content (AvgIpc) is 2.37. The Morgan fingerprint density at radius 1 is 1.37 bits per heavy atom. The van der Waals surface area contributed by atoms with E-state index in [1.807, 2.05) is 0 Å². The first kappa shape index (κ1) is 16.0. The smallest absolute Gasteiger partial charge is 0.244 e. The summed E-state index contributed by atoms with van der Waals surface area (Å²) >= 11 is 0. The highest BCUT2D eigenvalue weighted by Gasteiger charge is 2.27. The maximum absolute atomic E-state index is 12.2. The van der Waals surface area contributed by atoms with Crippen LogP contribution in [0.2, 0.25) is 0 Å². The summed E-state index contributed by atoms with van der Waals surface area (Å²) in [4.78, 5) is 25.8. The molecule has 5 heteroatoms.